The predicted molar refractivity (Wildman–Crippen MR) is 98.5 cm³/mol. The van der Waals surface area contributed by atoms with Gasteiger partial charge in [-0.15, -0.1) is 0 Å². The normalized spacial score (nSPS) is 39.6. The van der Waals surface area contributed by atoms with E-state index in [1.165, 1.54) is 26.5 Å². The molecule has 4 unspecified atom stereocenters. The molecule has 4 aliphatic rings. The second-order valence-corrected chi connectivity index (χ2v) is 10.4. The van der Waals surface area contributed by atoms with Crippen LogP contribution in [0.1, 0.15) is 31.9 Å². The van der Waals surface area contributed by atoms with Crippen molar-refractivity contribution in [3.8, 4) is 6.07 Å². The number of fused-ring (bicyclic) bond motifs is 2. The second-order valence-electron chi connectivity index (χ2n) is 7.13. The Bertz CT molecular complexity index is 841. The number of nitriles is 1. The molecule has 130 valence electrons. The Hall–Kier alpha value is -1.36. The van der Waals surface area contributed by atoms with Gasteiger partial charge in [-0.05, 0) is 31.5 Å². The topological polar surface area (TPSA) is 64.4 Å². The number of carbonyl (C=O) groups is 2. The Labute approximate surface area is 159 Å². The van der Waals surface area contributed by atoms with Gasteiger partial charge in [-0.3, -0.25) is 9.59 Å². The van der Waals surface area contributed by atoms with Crippen LogP contribution in [0.5, 0.6) is 0 Å². The van der Waals surface area contributed by atoms with E-state index in [4.69, 9.17) is 11.6 Å². The first-order valence-electron chi connectivity index (χ1n) is 7.85. The molecule has 5 nitrogen and oxygen atoms in total. The van der Waals surface area contributed by atoms with Gasteiger partial charge in [-0.1, -0.05) is 45.3 Å². The molecule has 2 bridgehead atoms. The standard InChI is InChI=1S/C17H16ClN3O2S2/c1-15(9-19)8-17-14(23)20(3)16(2,24-25-17)13(22)21(17)12(15)10-4-6-11(18)7-5-10/h4-7,12H,8H2,1-3H3. The van der Waals surface area contributed by atoms with Crippen LogP contribution in [0.15, 0.2) is 24.3 Å². The Balaban J connectivity index is 1.93. The van der Waals surface area contributed by atoms with Gasteiger partial charge in [0.15, 0.2) is 9.74 Å². The van der Waals surface area contributed by atoms with Crippen molar-refractivity contribution in [1.82, 2.24) is 9.80 Å². The molecule has 0 saturated carbocycles. The van der Waals surface area contributed by atoms with Gasteiger partial charge in [-0.25, -0.2) is 0 Å². The lowest BCUT2D eigenvalue weighted by atomic mass is 9.79. The average Bonchev–Trinajstić information content (AvgIpc) is 2.87. The smallest absolute Gasteiger partial charge is 0.261 e. The van der Waals surface area contributed by atoms with Crippen LogP contribution in [0.2, 0.25) is 5.02 Å². The predicted octanol–water partition coefficient (Wildman–Crippen LogP) is 3.42. The fourth-order valence-corrected chi connectivity index (χ4v) is 7.77. The highest BCUT2D eigenvalue weighted by atomic mass is 35.5. The van der Waals surface area contributed by atoms with Gasteiger partial charge in [0.1, 0.15) is 0 Å². The molecule has 2 amide bonds. The van der Waals surface area contributed by atoms with Crippen molar-refractivity contribution >= 4 is 45.0 Å². The van der Waals surface area contributed by atoms with Crippen LogP contribution in [0.4, 0.5) is 0 Å². The van der Waals surface area contributed by atoms with Crippen LogP contribution in [0.25, 0.3) is 0 Å². The highest BCUT2D eigenvalue weighted by Gasteiger charge is 2.74. The van der Waals surface area contributed by atoms with E-state index in [2.05, 4.69) is 6.07 Å². The molecule has 0 N–H and O–H groups in total. The maximum atomic E-state index is 13.4. The number of hydrogen-bond donors (Lipinski definition) is 0. The number of hydrogen-bond acceptors (Lipinski definition) is 5. The Kier molecular flexibility index (Phi) is 3.48. The van der Waals surface area contributed by atoms with Gasteiger partial charge >= 0.3 is 0 Å². The SMILES string of the molecule is CN1C(=O)C23CC(C)(C#N)C(c4ccc(Cl)cc4)N2C(=O)C1(C)SS3. The lowest BCUT2D eigenvalue weighted by Gasteiger charge is -2.57. The molecule has 0 aromatic heterocycles. The van der Waals surface area contributed by atoms with Crippen molar-refractivity contribution in [2.24, 2.45) is 5.41 Å². The number of benzene rings is 1. The summed E-state index contributed by atoms with van der Waals surface area (Å²) in [5, 5.41) is 10.5. The number of rotatable bonds is 1. The van der Waals surface area contributed by atoms with E-state index >= 15 is 0 Å². The molecule has 4 aliphatic heterocycles. The summed E-state index contributed by atoms with van der Waals surface area (Å²) < 4.78 is 0. The third-order valence-corrected chi connectivity index (χ3v) is 9.49. The van der Waals surface area contributed by atoms with Gasteiger partial charge in [0, 0.05) is 18.5 Å². The van der Waals surface area contributed by atoms with Gasteiger partial charge in [-0.2, -0.15) is 5.26 Å². The minimum absolute atomic E-state index is 0.101. The molecule has 5 rings (SSSR count). The molecular formula is C17H16ClN3O2S2. The summed E-state index contributed by atoms with van der Waals surface area (Å²) in [6, 6.07) is 9.09. The van der Waals surface area contributed by atoms with Gasteiger partial charge < -0.3 is 9.80 Å². The van der Waals surface area contributed by atoms with Crippen molar-refractivity contribution in [2.45, 2.75) is 36.1 Å². The van der Waals surface area contributed by atoms with Crippen LogP contribution < -0.4 is 0 Å². The van der Waals surface area contributed by atoms with E-state index in [0.29, 0.717) is 11.4 Å². The molecule has 1 aromatic carbocycles. The number of carbonyl (C=O) groups excluding carboxylic acids is 2. The summed E-state index contributed by atoms with van der Waals surface area (Å²) in [5.74, 6) is -0.214. The molecule has 4 fully saturated rings. The molecule has 0 aliphatic carbocycles. The highest BCUT2D eigenvalue weighted by molar-refractivity contribution is 8.78. The van der Waals surface area contributed by atoms with Crippen LogP contribution in [0.3, 0.4) is 0 Å². The van der Waals surface area contributed by atoms with Crippen LogP contribution in [0, 0.1) is 16.7 Å². The molecule has 0 radical (unpaired) electrons. The lowest BCUT2D eigenvalue weighted by Crippen LogP contribution is -2.73. The number of amides is 2. The molecule has 8 heteroatoms. The summed E-state index contributed by atoms with van der Waals surface area (Å²) in [5.41, 5.74) is -0.0285. The number of likely N-dealkylation sites (N-methyl/N-ethyl adjacent to an activating group) is 1. The summed E-state index contributed by atoms with van der Waals surface area (Å²) in [4.78, 5) is 27.7. The number of nitrogens with zero attached hydrogens (tertiary/aromatic N) is 3. The average molecular weight is 394 g/mol. The van der Waals surface area contributed by atoms with E-state index in [1.807, 2.05) is 19.1 Å². The highest BCUT2D eigenvalue weighted by Crippen LogP contribution is 2.69. The quantitative estimate of drug-likeness (QED) is 0.684. The zero-order chi connectivity index (χ0) is 18.2. The third-order valence-electron chi connectivity index (χ3n) is 5.54. The number of piperazine rings is 1. The van der Waals surface area contributed by atoms with E-state index in [-0.39, 0.29) is 11.8 Å². The Morgan fingerprint density at radius 1 is 1.20 bits per heavy atom. The van der Waals surface area contributed by atoms with E-state index < -0.39 is 21.2 Å². The monoisotopic (exact) mass is 393 g/mol. The van der Waals surface area contributed by atoms with Crippen molar-refractivity contribution in [3.05, 3.63) is 34.9 Å². The molecule has 4 saturated heterocycles. The van der Waals surface area contributed by atoms with Gasteiger partial charge in [0.2, 0.25) is 0 Å². The largest absolute Gasteiger partial charge is 0.319 e. The molecule has 25 heavy (non-hydrogen) atoms. The zero-order valence-corrected chi connectivity index (χ0v) is 16.3. The molecule has 4 heterocycles. The Morgan fingerprint density at radius 3 is 2.44 bits per heavy atom. The van der Waals surface area contributed by atoms with Crippen LogP contribution in [-0.4, -0.2) is 38.4 Å². The first kappa shape index (κ1) is 17.1. The summed E-state index contributed by atoms with van der Waals surface area (Å²) in [6.07, 6.45) is 0.312. The minimum Gasteiger partial charge on any atom is -0.319 e. The lowest BCUT2D eigenvalue weighted by molar-refractivity contribution is -0.164. The summed E-state index contributed by atoms with van der Waals surface area (Å²) in [6.45, 7) is 3.61. The second kappa shape index (κ2) is 5.09. The zero-order valence-electron chi connectivity index (χ0n) is 13.9. The fourth-order valence-electron chi connectivity index (χ4n) is 4.07. The first-order valence-corrected chi connectivity index (χ1v) is 10.4. The van der Waals surface area contributed by atoms with Crippen LogP contribution in [-0.2, 0) is 9.59 Å². The van der Waals surface area contributed by atoms with Crippen molar-refractivity contribution in [2.75, 3.05) is 7.05 Å². The Morgan fingerprint density at radius 2 is 1.84 bits per heavy atom. The fraction of sp³-hybridized carbons (Fsp3) is 0.471. The minimum atomic E-state index is -1.02. The summed E-state index contributed by atoms with van der Waals surface area (Å²) >= 11 is 6.00. The maximum absolute atomic E-state index is 13.4. The van der Waals surface area contributed by atoms with E-state index in [0.717, 1.165) is 5.56 Å². The maximum Gasteiger partial charge on any atom is 0.261 e. The van der Waals surface area contributed by atoms with Crippen molar-refractivity contribution < 1.29 is 9.59 Å². The molecule has 1 spiro atoms. The van der Waals surface area contributed by atoms with Crippen LogP contribution >= 0.6 is 33.2 Å². The van der Waals surface area contributed by atoms with E-state index in [1.54, 1.807) is 31.0 Å². The first-order chi connectivity index (χ1) is 11.7. The van der Waals surface area contributed by atoms with Gasteiger partial charge in [0.25, 0.3) is 11.8 Å². The summed E-state index contributed by atoms with van der Waals surface area (Å²) in [7, 11) is 4.50. The van der Waals surface area contributed by atoms with Crippen molar-refractivity contribution in [1.29, 1.82) is 5.26 Å². The molecule has 4 atom stereocenters. The molecular weight excluding hydrogens is 378 g/mol. The third kappa shape index (κ3) is 1.93. The molecule has 1 aromatic rings. The number of halogens is 1. The van der Waals surface area contributed by atoms with Crippen molar-refractivity contribution in [3.63, 3.8) is 0 Å². The van der Waals surface area contributed by atoms with E-state index in [9.17, 15) is 14.9 Å². The van der Waals surface area contributed by atoms with Gasteiger partial charge in [0.05, 0.1) is 17.5 Å².